The molecule has 0 unspecified atom stereocenters. The van der Waals surface area contributed by atoms with Crippen LogP contribution in [0.2, 0.25) is 0 Å². The summed E-state index contributed by atoms with van der Waals surface area (Å²) >= 11 is 6.84. The van der Waals surface area contributed by atoms with Crippen molar-refractivity contribution in [1.82, 2.24) is 10.4 Å². The first kappa shape index (κ1) is 17.4. The average Bonchev–Trinajstić information content (AvgIpc) is 3.10. The molecule has 25 heavy (non-hydrogen) atoms. The van der Waals surface area contributed by atoms with E-state index in [0.29, 0.717) is 11.0 Å². The van der Waals surface area contributed by atoms with E-state index in [1.54, 1.807) is 0 Å². The Kier molecular flexibility index (Phi) is 5.63. The molecule has 0 fully saturated rings. The third-order valence-electron chi connectivity index (χ3n) is 3.69. The van der Waals surface area contributed by atoms with Gasteiger partial charge in [0.1, 0.15) is 0 Å². The Morgan fingerprint density at radius 1 is 1.04 bits per heavy atom. The first-order chi connectivity index (χ1) is 12.1. The Labute approximate surface area is 157 Å². The lowest BCUT2D eigenvalue weighted by atomic mass is 10.0. The van der Waals surface area contributed by atoms with E-state index in [1.165, 1.54) is 16.9 Å². The van der Waals surface area contributed by atoms with Crippen LogP contribution < -0.4 is 16.2 Å². The van der Waals surface area contributed by atoms with Crippen LogP contribution >= 0.6 is 23.6 Å². The first-order valence-corrected chi connectivity index (χ1v) is 9.34. The van der Waals surface area contributed by atoms with Gasteiger partial charge >= 0.3 is 0 Å². The molecule has 0 saturated heterocycles. The van der Waals surface area contributed by atoms with E-state index < -0.39 is 0 Å². The number of anilines is 2. The number of aromatic nitrogens is 1. The van der Waals surface area contributed by atoms with Gasteiger partial charge in [-0.25, -0.2) is 4.98 Å². The number of hydrogen-bond donors (Lipinski definition) is 3. The fourth-order valence-electron chi connectivity index (χ4n) is 2.30. The maximum atomic E-state index is 5.31. The molecular formula is C19H20N4S2. The van der Waals surface area contributed by atoms with Crippen LogP contribution in [0.3, 0.4) is 0 Å². The highest BCUT2D eigenvalue weighted by Crippen LogP contribution is 2.24. The first-order valence-electron chi connectivity index (χ1n) is 8.06. The SMILES string of the molecule is CC(C)c1ccc(NC(=S)NNc2nc(-c3ccccc3)cs2)cc1. The van der Waals surface area contributed by atoms with E-state index in [4.69, 9.17) is 12.2 Å². The molecule has 128 valence electrons. The summed E-state index contributed by atoms with van der Waals surface area (Å²) in [5, 5.41) is 6.42. The number of hydrogen-bond acceptors (Lipinski definition) is 4. The van der Waals surface area contributed by atoms with Gasteiger partial charge in [-0.2, -0.15) is 0 Å². The minimum absolute atomic E-state index is 0.494. The molecule has 1 heterocycles. The van der Waals surface area contributed by atoms with E-state index in [0.717, 1.165) is 22.1 Å². The molecule has 0 bridgehead atoms. The quantitative estimate of drug-likeness (QED) is 0.424. The minimum atomic E-state index is 0.494. The fourth-order valence-corrected chi connectivity index (χ4v) is 3.14. The predicted molar refractivity (Wildman–Crippen MR) is 111 cm³/mol. The topological polar surface area (TPSA) is 49.0 Å². The molecule has 0 amide bonds. The summed E-state index contributed by atoms with van der Waals surface area (Å²) in [6.45, 7) is 4.35. The highest BCUT2D eigenvalue weighted by Gasteiger charge is 2.05. The lowest BCUT2D eigenvalue weighted by Crippen LogP contribution is -2.33. The molecule has 2 aromatic carbocycles. The third-order valence-corrected chi connectivity index (χ3v) is 4.65. The van der Waals surface area contributed by atoms with Crippen LogP contribution in [-0.4, -0.2) is 10.1 Å². The average molecular weight is 369 g/mol. The predicted octanol–water partition coefficient (Wildman–Crippen LogP) is 5.25. The zero-order valence-corrected chi connectivity index (χ0v) is 15.7. The zero-order valence-electron chi connectivity index (χ0n) is 14.1. The number of rotatable bonds is 5. The molecule has 6 heteroatoms. The summed E-state index contributed by atoms with van der Waals surface area (Å²) in [5.74, 6) is 0.518. The van der Waals surface area contributed by atoms with Crippen LogP contribution in [-0.2, 0) is 0 Å². The molecule has 0 radical (unpaired) electrons. The van der Waals surface area contributed by atoms with Gasteiger partial charge < -0.3 is 5.32 Å². The Bertz CT molecular complexity index is 826. The van der Waals surface area contributed by atoms with Crippen molar-refractivity contribution < 1.29 is 0 Å². The summed E-state index contributed by atoms with van der Waals surface area (Å²) in [7, 11) is 0. The standard InChI is InChI=1S/C19H20N4S2/c1-13(2)14-8-10-16(11-9-14)20-18(24)22-23-19-21-17(12-25-19)15-6-4-3-5-7-15/h3-13H,1-2H3,(H,21,23)(H2,20,22,24). The summed E-state index contributed by atoms with van der Waals surface area (Å²) < 4.78 is 0. The Hall–Kier alpha value is -2.44. The number of benzene rings is 2. The van der Waals surface area contributed by atoms with Gasteiger partial charge in [0.05, 0.1) is 5.69 Å². The largest absolute Gasteiger partial charge is 0.331 e. The number of nitrogens with zero attached hydrogens (tertiary/aromatic N) is 1. The Morgan fingerprint density at radius 3 is 2.44 bits per heavy atom. The summed E-state index contributed by atoms with van der Waals surface area (Å²) in [6, 6.07) is 18.4. The van der Waals surface area contributed by atoms with Crippen molar-refractivity contribution in [3.8, 4) is 11.3 Å². The molecule has 0 aliphatic carbocycles. The minimum Gasteiger partial charge on any atom is -0.331 e. The second-order valence-corrected chi connectivity index (χ2v) is 7.15. The summed E-state index contributed by atoms with van der Waals surface area (Å²) in [6.07, 6.45) is 0. The Balaban J connectivity index is 1.53. The van der Waals surface area contributed by atoms with Crippen molar-refractivity contribution in [1.29, 1.82) is 0 Å². The van der Waals surface area contributed by atoms with Gasteiger partial charge in [-0.05, 0) is 35.8 Å². The van der Waals surface area contributed by atoms with Crippen molar-refractivity contribution in [3.63, 3.8) is 0 Å². The maximum absolute atomic E-state index is 5.31. The van der Waals surface area contributed by atoms with Crippen molar-refractivity contribution in [2.45, 2.75) is 19.8 Å². The van der Waals surface area contributed by atoms with Crippen LogP contribution in [0.15, 0.2) is 60.0 Å². The van der Waals surface area contributed by atoms with E-state index in [1.807, 2.05) is 47.8 Å². The lowest BCUT2D eigenvalue weighted by molar-refractivity contribution is 0.867. The second-order valence-electron chi connectivity index (χ2n) is 5.88. The summed E-state index contributed by atoms with van der Waals surface area (Å²) in [4.78, 5) is 4.55. The van der Waals surface area contributed by atoms with E-state index >= 15 is 0 Å². The molecular weight excluding hydrogens is 348 g/mol. The highest BCUT2D eigenvalue weighted by molar-refractivity contribution is 7.80. The van der Waals surface area contributed by atoms with Crippen molar-refractivity contribution in [3.05, 3.63) is 65.5 Å². The number of thiocarbonyl (C=S) groups is 1. The highest BCUT2D eigenvalue weighted by atomic mass is 32.1. The van der Waals surface area contributed by atoms with Gasteiger partial charge in [0.15, 0.2) is 5.11 Å². The number of hydrazine groups is 1. The molecule has 3 aromatic rings. The van der Waals surface area contributed by atoms with Crippen LogP contribution in [0.5, 0.6) is 0 Å². The summed E-state index contributed by atoms with van der Waals surface area (Å²) in [5.41, 5.74) is 10.3. The molecule has 1 aromatic heterocycles. The Morgan fingerprint density at radius 2 is 1.76 bits per heavy atom. The van der Waals surface area contributed by atoms with Crippen molar-refractivity contribution in [2.75, 3.05) is 10.7 Å². The van der Waals surface area contributed by atoms with Gasteiger partial charge in [0.2, 0.25) is 5.13 Å². The van der Waals surface area contributed by atoms with Crippen molar-refractivity contribution >= 4 is 39.5 Å². The molecule has 0 spiro atoms. The smallest absolute Gasteiger partial charge is 0.202 e. The lowest BCUT2D eigenvalue weighted by Gasteiger charge is -2.12. The normalized spacial score (nSPS) is 10.5. The van der Waals surface area contributed by atoms with Crippen LogP contribution in [0.4, 0.5) is 10.8 Å². The van der Waals surface area contributed by atoms with Gasteiger partial charge in [-0.15, -0.1) is 11.3 Å². The molecule has 0 atom stereocenters. The second kappa shape index (κ2) is 8.09. The van der Waals surface area contributed by atoms with Gasteiger partial charge in [-0.3, -0.25) is 10.9 Å². The van der Waals surface area contributed by atoms with E-state index in [2.05, 4.69) is 47.1 Å². The number of nitrogens with one attached hydrogen (secondary N) is 3. The van der Waals surface area contributed by atoms with Crippen molar-refractivity contribution in [2.24, 2.45) is 0 Å². The van der Waals surface area contributed by atoms with Crippen LogP contribution in [0, 0.1) is 0 Å². The fraction of sp³-hybridized carbons (Fsp3) is 0.158. The molecule has 0 saturated carbocycles. The molecule has 0 aliphatic rings. The maximum Gasteiger partial charge on any atom is 0.202 e. The van der Waals surface area contributed by atoms with Crippen LogP contribution in [0.25, 0.3) is 11.3 Å². The third kappa shape index (κ3) is 4.78. The molecule has 3 N–H and O–H groups in total. The number of thiazole rings is 1. The zero-order chi connectivity index (χ0) is 17.6. The van der Waals surface area contributed by atoms with Gasteiger partial charge in [-0.1, -0.05) is 56.3 Å². The molecule has 3 rings (SSSR count). The van der Waals surface area contributed by atoms with Crippen LogP contribution in [0.1, 0.15) is 25.3 Å². The molecule has 4 nitrogen and oxygen atoms in total. The van der Waals surface area contributed by atoms with Gasteiger partial charge in [0, 0.05) is 16.6 Å². The van der Waals surface area contributed by atoms with E-state index in [9.17, 15) is 0 Å². The van der Waals surface area contributed by atoms with Gasteiger partial charge in [0.25, 0.3) is 0 Å². The monoisotopic (exact) mass is 368 g/mol. The van der Waals surface area contributed by atoms with E-state index in [-0.39, 0.29) is 0 Å². The molecule has 0 aliphatic heterocycles.